The van der Waals surface area contributed by atoms with Gasteiger partial charge < -0.3 is 19.5 Å². The predicted molar refractivity (Wildman–Crippen MR) is 107 cm³/mol. The number of hydrogen-bond acceptors (Lipinski definition) is 6. The first-order valence-corrected chi connectivity index (χ1v) is 9.30. The Hall–Kier alpha value is -2.51. The zero-order chi connectivity index (χ0) is 20.7. The molecule has 28 heavy (non-hydrogen) atoms. The van der Waals surface area contributed by atoms with Crippen molar-refractivity contribution in [3.05, 3.63) is 45.6 Å². The average molecular weight is 427 g/mol. The first-order chi connectivity index (χ1) is 13.3. The van der Waals surface area contributed by atoms with Crippen LogP contribution in [0.15, 0.2) is 24.3 Å². The van der Waals surface area contributed by atoms with Crippen LogP contribution < -0.4 is 14.8 Å². The second-order valence-electron chi connectivity index (χ2n) is 5.54. The van der Waals surface area contributed by atoms with E-state index in [4.69, 9.17) is 37.4 Å². The summed E-state index contributed by atoms with van der Waals surface area (Å²) in [4.78, 5) is 28.4. The Morgan fingerprint density at radius 2 is 1.71 bits per heavy atom. The number of anilines is 1. The Bertz CT molecular complexity index is 874. The van der Waals surface area contributed by atoms with Crippen molar-refractivity contribution >= 4 is 40.9 Å². The molecule has 0 atom stereocenters. The number of hydrogen-bond donors (Lipinski definition) is 1. The average Bonchev–Trinajstić information content (AvgIpc) is 2.66. The molecular weight excluding hydrogens is 407 g/mol. The van der Waals surface area contributed by atoms with Gasteiger partial charge in [0, 0.05) is 0 Å². The molecule has 0 fully saturated rings. The van der Waals surface area contributed by atoms with Crippen LogP contribution in [-0.2, 0) is 9.53 Å². The van der Waals surface area contributed by atoms with Crippen LogP contribution in [0.3, 0.4) is 0 Å². The molecule has 0 radical (unpaired) electrons. The highest BCUT2D eigenvalue weighted by Crippen LogP contribution is 2.29. The lowest BCUT2D eigenvalue weighted by molar-refractivity contribution is -0.119. The van der Waals surface area contributed by atoms with Gasteiger partial charge in [-0.2, -0.15) is 0 Å². The molecule has 0 saturated carbocycles. The van der Waals surface area contributed by atoms with Gasteiger partial charge in [-0.25, -0.2) is 9.78 Å². The van der Waals surface area contributed by atoms with E-state index in [9.17, 15) is 9.59 Å². The van der Waals surface area contributed by atoms with Crippen LogP contribution in [0.5, 0.6) is 11.5 Å². The summed E-state index contributed by atoms with van der Waals surface area (Å²) in [5.41, 5.74) is 0.745. The van der Waals surface area contributed by atoms with E-state index in [-0.39, 0.29) is 16.4 Å². The van der Waals surface area contributed by atoms with Gasteiger partial charge in [0.15, 0.2) is 23.9 Å². The summed E-state index contributed by atoms with van der Waals surface area (Å²) < 4.78 is 16.0. The molecule has 2 rings (SSSR count). The number of aromatic nitrogens is 1. The summed E-state index contributed by atoms with van der Waals surface area (Å²) in [5, 5.41) is 3.05. The number of halogens is 2. The Morgan fingerprint density at radius 3 is 2.39 bits per heavy atom. The topological polar surface area (TPSA) is 86.8 Å². The van der Waals surface area contributed by atoms with Crippen molar-refractivity contribution in [2.24, 2.45) is 0 Å². The maximum Gasteiger partial charge on any atom is 0.338 e. The number of carbonyl (C=O) groups excluding carboxylic acids is 2. The second-order valence-corrected chi connectivity index (χ2v) is 6.35. The van der Waals surface area contributed by atoms with Crippen molar-refractivity contribution in [2.75, 3.05) is 25.1 Å². The molecule has 9 heteroatoms. The largest absolute Gasteiger partial charge is 0.490 e. The zero-order valence-corrected chi connectivity index (χ0v) is 17.2. The molecule has 0 aliphatic carbocycles. The van der Waals surface area contributed by atoms with Crippen LogP contribution in [0.1, 0.15) is 29.9 Å². The molecule has 7 nitrogen and oxygen atoms in total. The van der Waals surface area contributed by atoms with E-state index in [2.05, 4.69) is 10.3 Å². The number of nitrogens with one attached hydrogen (secondary N) is 1. The summed E-state index contributed by atoms with van der Waals surface area (Å²) in [6.07, 6.45) is 0. The Labute approximate surface area is 172 Å². The quantitative estimate of drug-likeness (QED) is 0.633. The fraction of sp³-hybridized carbons (Fsp3) is 0.316. The number of carbonyl (C=O) groups is 2. The number of nitrogens with zero attached hydrogens (tertiary/aromatic N) is 1. The van der Waals surface area contributed by atoms with Gasteiger partial charge in [0.05, 0.1) is 34.5 Å². The highest BCUT2D eigenvalue weighted by molar-refractivity contribution is 6.36. The third-order valence-corrected chi connectivity index (χ3v) is 4.15. The molecule has 1 amide bonds. The van der Waals surface area contributed by atoms with E-state index < -0.39 is 18.5 Å². The Kier molecular flexibility index (Phi) is 7.90. The van der Waals surface area contributed by atoms with E-state index in [0.29, 0.717) is 35.4 Å². The van der Waals surface area contributed by atoms with Crippen LogP contribution in [0.25, 0.3) is 0 Å². The van der Waals surface area contributed by atoms with Crippen molar-refractivity contribution in [3.63, 3.8) is 0 Å². The van der Waals surface area contributed by atoms with Gasteiger partial charge in [-0.1, -0.05) is 23.2 Å². The van der Waals surface area contributed by atoms with E-state index in [1.54, 1.807) is 13.0 Å². The third-order valence-electron chi connectivity index (χ3n) is 3.48. The fourth-order valence-corrected chi connectivity index (χ4v) is 2.61. The number of pyridine rings is 1. The summed E-state index contributed by atoms with van der Waals surface area (Å²) >= 11 is 11.9. The van der Waals surface area contributed by atoms with Gasteiger partial charge >= 0.3 is 5.97 Å². The van der Waals surface area contributed by atoms with E-state index >= 15 is 0 Å². The van der Waals surface area contributed by atoms with Crippen molar-refractivity contribution in [1.29, 1.82) is 0 Å². The molecule has 1 aromatic heterocycles. The van der Waals surface area contributed by atoms with Gasteiger partial charge in [-0.05, 0) is 45.0 Å². The lowest BCUT2D eigenvalue weighted by Gasteiger charge is -2.12. The lowest BCUT2D eigenvalue weighted by atomic mass is 10.2. The summed E-state index contributed by atoms with van der Waals surface area (Å²) in [6, 6.07) is 6.14. The number of benzene rings is 1. The monoisotopic (exact) mass is 426 g/mol. The molecule has 0 aliphatic rings. The maximum absolute atomic E-state index is 12.2. The maximum atomic E-state index is 12.2. The molecule has 0 spiro atoms. The van der Waals surface area contributed by atoms with Gasteiger partial charge in [-0.3, -0.25) is 4.79 Å². The van der Waals surface area contributed by atoms with E-state index in [1.165, 1.54) is 18.2 Å². The first kappa shape index (κ1) is 21.8. The number of amides is 1. The van der Waals surface area contributed by atoms with Crippen LogP contribution >= 0.6 is 23.2 Å². The van der Waals surface area contributed by atoms with Gasteiger partial charge in [0.1, 0.15) is 0 Å². The number of esters is 1. The first-order valence-electron chi connectivity index (χ1n) is 8.54. The molecule has 0 aliphatic heterocycles. The summed E-state index contributed by atoms with van der Waals surface area (Å²) in [5.74, 6) is -0.163. The minimum Gasteiger partial charge on any atom is -0.490 e. The number of ether oxygens (including phenoxy) is 3. The van der Waals surface area contributed by atoms with Gasteiger partial charge in [-0.15, -0.1) is 0 Å². The molecule has 0 bridgehead atoms. The van der Waals surface area contributed by atoms with Crippen molar-refractivity contribution in [1.82, 2.24) is 4.98 Å². The smallest absolute Gasteiger partial charge is 0.338 e. The lowest BCUT2D eigenvalue weighted by Crippen LogP contribution is -2.22. The Morgan fingerprint density at radius 1 is 1.04 bits per heavy atom. The summed E-state index contributed by atoms with van der Waals surface area (Å²) in [6.45, 7) is 5.72. The zero-order valence-electron chi connectivity index (χ0n) is 15.7. The SMILES string of the molecule is CCOc1ccc(C(=O)OCC(=O)Nc2nc(C)c(Cl)cc2Cl)cc1OCC. The number of aryl methyl sites for hydroxylation is 1. The van der Waals surface area contributed by atoms with Crippen molar-refractivity contribution in [3.8, 4) is 11.5 Å². The molecule has 1 heterocycles. The van der Waals surface area contributed by atoms with Crippen LogP contribution in [0.2, 0.25) is 10.0 Å². The Balaban J connectivity index is 2.00. The van der Waals surface area contributed by atoms with Gasteiger partial charge in [0.2, 0.25) is 0 Å². The fourth-order valence-electron chi connectivity index (χ4n) is 2.21. The standard InChI is InChI=1S/C19H20Cl2N2O5/c1-4-26-15-7-6-12(8-16(15)27-5-2)19(25)28-10-17(24)23-18-14(21)9-13(20)11(3)22-18/h6-9H,4-5,10H2,1-3H3,(H,22,23,24). The molecule has 0 saturated heterocycles. The number of rotatable bonds is 8. The van der Waals surface area contributed by atoms with Crippen LogP contribution in [0.4, 0.5) is 5.82 Å². The minimum absolute atomic E-state index is 0.143. The highest BCUT2D eigenvalue weighted by Gasteiger charge is 2.15. The van der Waals surface area contributed by atoms with Gasteiger partial charge in [0.25, 0.3) is 5.91 Å². The summed E-state index contributed by atoms with van der Waals surface area (Å²) in [7, 11) is 0. The van der Waals surface area contributed by atoms with Crippen molar-refractivity contribution < 1.29 is 23.8 Å². The van der Waals surface area contributed by atoms with Crippen LogP contribution in [-0.4, -0.2) is 36.7 Å². The molecule has 2 aromatic rings. The van der Waals surface area contributed by atoms with E-state index in [0.717, 1.165) is 0 Å². The molecular formula is C19H20Cl2N2O5. The third kappa shape index (κ3) is 5.74. The van der Waals surface area contributed by atoms with E-state index in [1.807, 2.05) is 13.8 Å². The van der Waals surface area contributed by atoms with Crippen LogP contribution in [0, 0.1) is 6.92 Å². The molecule has 150 valence electrons. The second kappa shape index (κ2) is 10.1. The molecule has 0 unspecified atom stereocenters. The van der Waals surface area contributed by atoms with Crippen molar-refractivity contribution in [2.45, 2.75) is 20.8 Å². The molecule has 1 aromatic carbocycles. The molecule has 1 N–H and O–H groups in total. The predicted octanol–water partition coefficient (Wildman–Crippen LogP) is 4.29. The minimum atomic E-state index is -0.675. The highest BCUT2D eigenvalue weighted by atomic mass is 35.5. The normalized spacial score (nSPS) is 10.3.